The van der Waals surface area contributed by atoms with Gasteiger partial charge in [0.2, 0.25) is 5.78 Å². The molecule has 2 N–H and O–H groups in total. The molecule has 28 heavy (non-hydrogen) atoms. The van der Waals surface area contributed by atoms with Crippen molar-refractivity contribution in [1.82, 2.24) is 10.6 Å². The van der Waals surface area contributed by atoms with Gasteiger partial charge >= 0.3 is 0 Å². The number of amides is 2. The number of Topliss-reactive ketones (excluding diaryl/α,β-unsaturated/α-hetero) is 1. The molecule has 1 unspecified atom stereocenters. The molecular formula is C21H18Cl2N2O3. The van der Waals surface area contributed by atoms with Crippen molar-refractivity contribution in [3.8, 4) is 0 Å². The first-order valence-corrected chi connectivity index (χ1v) is 9.85. The molecule has 5 nitrogen and oxygen atoms in total. The van der Waals surface area contributed by atoms with Crippen molar-refractivity contribution in [3.05, 3.63) is 69.7 Å². The molecule has 2 aromatic rings. The van der Waals surface area contributed by atoms with Gasteiger partial charge in [-0.1, -0.05) is 59.6 Å². The minimum atomic E-state index is -1.29. The van der Waals surface area contributed by atoms with Gasteiger partial charge in [-0.05, 0) is 37.0 Å². The second-order valence-electron chi connectivity index (χ2n) is 7.27. The normalized spacial score (nSPS) is 23.0. The van der Waals surface area contributed by atoms with Crippen LogP contribution in [-0.2, 0) is 9.59 Å². The minimum absolute atomic E-state index is 0.0520. The Kier molecular flexibility index (Phi) is 4.89. The van der Waals surface area contributed by atoms with E-state index in [4.69, 9.17) is 23.2 Å². The summed E-state index contributed by atoms with van der Waals surface area (Å²) in [5, 5.41) is 5.86. The Morgan fingerprint density at radius 1 is 0.929 bits per heavy atom. The first-order valence-electron chi connectivity index (χ1n) is 9.09. The Hall–Kier alpha value is -2.37. The Labute approximate surface area is 172 Å². The molecule has 0 aliphatic heterocycles. The summed E-state index contributed by atoms with van der Waals surface area (Å²) in [4.78, 5) is 38.4. The van der Waals surface area contributed by atoms with Crippen LogP contribution in [0.2, 0.25) is 10.0 Å². The number of carbonyl (C=O) groups excluding carboxylic acids is 3. The summed E-state index contributed by atoms with van der Waals surface area (Å²) in [6.45, 7) is 0. The van der Waals surface area contributed by atoms with E-state index in [1.165, 1.54) is 0 Å². The van der Waals surface area contributed by atoms with Crippen LogP contribution in [0, 0.1) is 0 Å². The van der Waals surface area contributed by atoms with Crippen LogP contribution in [0.1, 0.15) is 41.1 Å². The molecule has 4 rings (SSSR count). The van der Waals surface area contributed by atoms with Gasteiger partial charge in [-0.3, -0.25) is 14.4 Å². The minimum Gasteiger partial charge on any atom is -0.347 e. The highest BCUT2D eigenvalue weighted by atomic mass is 35.5. The summed E-state index contributed by atoms with van der Waals surface area (Å²) in [6.07, 6.45) is 2.09. The van der Waals surface area contributed by atoms with E-state index >= 15 is 0 Å². The molecule has 0 spiro atoms. The smallest absolute Gasteiger partial charge is 0.290 e. The molecule has 2 aromatic carbocycles. The maximum Gasteiger partial charge on any atom is 0.290 e. The number of ketones is 1. The van der Waals surface area contributed by atoms with Gasteiger partial charge < -0.3 is 10.6 Å². The molecule has 0 heterocycles. The van der Waals surface area contributed by atoms with Crippen molar-refractivity contribution in [2.75, 3.05) is 0 Å². The maximum absolute atomic E-state index is 13.0. The quantitative estimate of drug-likeness (QED) is 0.707. The standard InChI is InChI=1S/C21H18Cl2N2O3/c22-15-7-4-8-16(23)17(15)19(27)25-21(18(26)20(28)24-13-9-10-13)11-14(21)12-5-2-1-3-6-12/h1-8,13-14H,9-11H2,(H,24,28)(H,25,27)/t14-,21?/m0/s1. The summed E-state index contributed by atoms with van der Waals surface area (Å²) < 4.78 is 0. The first kappa shape index (κ1) is 19.0. The highest BCUT2D eigenvalue weighted by Gasteiger charge is 2.63. The lowest BCUT2D eigenvalue weighted by Crippen LogP contribution is -2.51. The van der Waals surface area contributed by atoms with Crippen molar-refractivity contribution >= 4 is 40.8 Å². The summed E-state index contributed by atoms with van der Waals surface area (Å²) in [5.74, 6) is -2.14. The molecule has 2 aliphatic carbocycles. The average Bonchev–Trinajstić information content (AvgIpc) is 3.59. The molecule has 2 amide bonds. The van der Waals surface area contributed by atoms with E-state index in [-0.39, 0.29) is 27.6 Å². The largest absolute Gasteiger partial charge is 0.347 e. The van der Waals surface area contributed by atoms with Gasteiger partial charge in [0.1, 0.15) is 5.54 Å². The number of rotatable bonds is 6. The molecule has 0 aromatic heterocycles. The van der Waals surface area contributed by atoms with Gasteiger partial charge in [0.25, 0.3) is 11.8 Å². The van der Waals surface area contributed by atoms with Gasteiger partial charge in [-0.2, -0.15) is 0 Å². The third kappa shape index (κ3) is 3.52. The van der Waals surface area contributed by atoms with Crippen LogP contribution in [0.25, 0.3) is 0 Å². The lowest BCUT2D eigenvalue weighted by Gasteiger charge is -2.19. The average molecular weight is 417 g/mol. The molecule has 7 heteroatoms. The predicted molar refractivity (Wildman–Crippen MR) is 107 cm³/mol. The van der Waals surface area contributed by atoms with Crippen molar-refractivity contribution < 1.29 is 14.4 Å². The van der Waals surface area contributed by atoms with Crippen molar-refractivity contribution in [2.24, 2.45) is 0 Å². The van der Waals surface area contributed by atoms with Crippen molar-refractivity contribution in [1.29, 1.82) is 0 Å². The first-order chi connectivity index (χ1) is 13.4. The van der Waals surface area contributed by atoms with Gasteiger partial charge in [0.05, 0.1) is 15.6 Å². The predicted octanol–water partition coefficient (Wildman–Crippen LogP) is 3.50. The molecule has 2 atom stereocenters. The van der Waals surface area contributed by atoms with Crippen LogP contribution in [-0.4, -0.2) is 29.2 Å². The SMILES string of the molecule is O=C(NC1CC1)C(=O)C1(NC(=O)c2c(Cl)cccc2Cl)C[C@H]1c1ccccc1. The van der Waals surface area contributed by atoms with Gasteiger partial charge in [-0.25, -0.2) is 0 Å². The van der Waals surface area contributed by atoms with E-state index in [1.807, 2.05) is 30.3 Å². The van der Waals surface area contributed by atoms with E-state index in [2.05, 4.69) is 10.6 Å². The number of hydrogen-bond donors (Lipinski definition) is 2. The van der Waals surface area contributed by atoms with Crippen molar-refractivity contribution in [3.63, 3.8) is 0 Å². The number of halogens is 2. The van der Waals surface area contributed by atoms with Crippen LogP contribution in [0.15, 0.2) is 48.5 Å². The van der Waals surface area contributed by atoms with E-state index in [1.54, 1.807) is 18.2 Å². The fraction of sp³-hybridized carbons (Fsp3) is 0.286. The van der Waals surface area contributed by atoms with Crippen LogP contribution in [0.5, 0.6) is 0 Å². The fourth-order valence-electron chi connectivity index (χ4n) is 3.46. The summed E-state index contributed by atoms with van der Waals surface area (Å²) in [5.41, 5.74) is -0.306. The maximum atomic E-state index is 13.0. The molecule has 2 fully saturated rings. The van der Waals surface area contributed by atoms with E-state index in [0.29, 0.717) is 6.42 Å². The second-order valence-corrected chi connectivity index (χ2v) is 8.08. The van der Waals surface area contributed by atoms with Crippen LogP contribution in [0.4, 0.5) is 0 Å². The third-order valence-corrected chi connectivity index (χ3v) is 5.84. The molecule has 2 saturated carbocycles. The number of benzene rings is 2. The lowest BCUT2D eigenvalue weighted by atomic mass is 10.0. The van der Waals surface area contributed by atoms with Crippen LogP contribution >= 0.6 is 23.2 Å². The Bertz CT molecular complexity index is 939. The van der Waals surface area contributed by atoms with Gasteiger partial charge in [0, 0.05) is 12.0 Å². The summed E-state index contributed by atoms with van der Waals surface area (Å²) in [6, 6.07) is 14.2. The molecule has 144 valence electrons. The number of hydrogen-bond acceptors (Lipinski definition) is 3. The second kappa shape index (κ2) is 7.22. The van der Waals surface area contributed by atoms with Crippen molar-refractivity contribution in [2.45, 2.75) is 36.8 Å². The Morgan fingerprint density at radius 2 is 1.57 bits per heavy atom. The number of nitrogens with one attached hydrogen (secondary N) is 2. The van der Waals surface area contributed by atoms with Crippen LogP contribution < -0.4 is 10.6 Å². The fourth-order valence-corrected chi connectivity index (χ4v) is 4.03. The summed E-state index contributed by atoms with van der Waals surface area (Å²) in [7, 11) is 0. The molecule has 2 aliphatic rings. The monoisotopic (exact) mass is 416 g/mol. The Morgan fingerprint density at radius 3 is 2.18 bits per heavy atom. The lowest BCUT2D eigenvalue weighted by molar-refractivity contribution is -0.139. The topological polar surface area (TPSA) is 75.3 Å². The van der Waals surface area contributed by atoms with E-state index < -0.39 is 23.1 Å². The zero-order chi connectivity index (χ0) is 19.9. The zero-order valence-electron chi connectivity index (χ0n) is 14.9. The summed E-state index contributed by atoms with van der Waals surface area (Å²) >= 11 is 12.3. The van der Waals surface area contributed by atoms with Crippen LogP contribution in [0.3, 0.4) is 0 Å². The molecule has 0 radical (unpaired) electrons. The Balaban J connectivity index is 1.63. The third-order valence-electron chi connectivity index (χ3n) is 5.21. The number of carbonyl (C=O) groups is 3. The highest BCUT2D eigenvalue weighted by molar-refractivity contribution is 6.42. The van der Waals surface area contributed by atoms with E-state index in [0.717, 1.165) is 18.4 Å². The van der Waals surface area contributed by atoms with E-state index in [9.17, 15) is 14.4 Å². The van der Waals surface area contributed by atoms with Gasteiger partial charge in [-0.15, -0.1) is 0 Å². The molecule has 0 saturated heterocycles. The zero-order valence-corrected chi connectivity index (χ0v) is 16.4. The molecule has 0 bridgehead atoms. The highest BCUT2D eigenvalue weighted by Crippen LogP contribution is 2.52. The van der Waals surface area contributed by atoms with Gasteiger partial charge in [0.15, 0.2) is 0 Å². The molecular weight excluding hydrogens is 399 g/mol.